The molecule has 5 N–H and O–H groups in total. The van der Waals surface area contributed by atoms with E-state index in [4.69, 9.17) is 28.2 Å². The Morgan fingerprint density at radius 2 is 2.13 bits per heavy atom. The largest absolute Gasteiger partial charge is 0.399 e. The van der Waals surface area contributed by atoms with Gasteiger partial charge in [-0.3, -0.25) is 10.1 Å². The van der Waals surface area contributed by atoms with Crippen LogP contribution in [-0.2, 0) is 0 Å². The quantitative estimate of drug-likeness (QED) is 0.304. The molecular weight excluding hydrogens is 222 g/mol. The first-order valence-electron chi connectivity index (χ1n) is 4.05. The van der Waals surface area contributed by atoms with Crippen molar-refractivity contribution in [2.75, 3.05) is 5.73 Å². The number of nitrogen functional groups attached to an aromatic ring is 1. The van der Waals surface area contributed by atoms with Gasteiger partial charge in [-0.2, -0.15) is 0 Å². The van der Waals surface area contributed by atoms with E-state index in [2.05, 4.69) is 0 Å². The van der Waals surface area contributed by atoms with E-state index in [9.17, 15) is 10.1 Å². The highest BCUT2D eigenvalue weighted by Gasteiger charge is 2.28. The van der Waals surface area contributed by atoms with Crippen molar-refractivity contribution in [2.24, 2.45) is 5.73 Å². The second-order valence-corrected chi connectivity index (χ2v) is 3.41. The average Bonchev–Trinajstić information content (AvgIpc) is 2.15. The molecule has 1 rings (SSSR count). The van der Waals surface area contributed by atoms with Crippen molar-refractivity contribution < 1.29 is 10.0 Å². The Morgan fingerprint density at radius 1 is 1.53 bits per heavy atom. The summed E-state index contributed by atoms with van der Waals surface area (Å²) in [5.74, 6) is 0. The summed E-state index contributed by atoms with van der Waals surface area (Å²) in [6.45, 7) is 0. The number of benzene rings is 1. The summed E-state index contributed by atoms with van der Waals surface area (Å²) in [6, 6.07) is 3.21. The van der Waals surface area contributed by atoms with Crippen LogP contribution in [-0.4, -0.2) is 16.3 Å². The lowest BCUT2D eigenvalue weighted by Crippen LogP contribution is -2.33. The molecule has 0 spiro atoms. The van der Waals surface area contributed by atoms with Crippen LogP contribution in [0.1, 0.15) is 11.6 Å². The Bertz CT molecular complexity index is 385. The summed E-state index contributed by atoms with van der Waals surface area (Å²) >= 11 is 5.78. The summed E-state index contributed by atoms with van der Waals surface area (Å²) in [4.78, 5) is 9.42. The van der Waals surface area contributed by atoms with Crippen molar-refractivity contribution in [3.05, 3.63) is 38.9 Å². The first-order valence-corrected chi connectivity index (χ1v) is 4.43. The van der Waals surface area contributed by atoms with Crippen molar-refractivity contribution in [3.8, 4) is 0 Å². The van der Waals surface area contributed by atoms with Crippen LogP contribution in [0.15, 0.2) is 18.2 Å². The Hall–Kier alpha value is -1.37. The van der Waals surface area contributed by atoms with Crippen LogP contribution in [0.25, 0.3) is 0 Å². The minimum atomic E-state index is -1.88. The highest BCUT2D eigenvalue weighted by molar-refractivity contribution is 6.31. The SMILES string of the molecule is Nc1ccc(C(N)C(O)[N+](=O)[O-])c(Cl)c1. The number of anilines is 1. The average molecular weight is 232 g/mol. The van der Waals surface area contributed by atoms with Crippen LogP contribution < -0.4 is 11.5 Å². The number of aliphatic hydroxyl groups is 1. The fraction of sp³-hybridized carbons (Fsp3) is 0.250. The third-order valence-electron chi connectivity index (χ3n) is 1.92. The molecule has 82 valence electrons. The zero-order chi connectivity index (χ0) is 11.6. The van der Waals surface area contributed by atoms with E-state index in [-0.39, 0.29) is 10.6 Å². The van der Waals surface area contributed by atoms with Gasteiger partial charge in [0, 0.05) is 10.7 Å². The van der Waals surface area contributed by atoms with Gasteiger partial charge in [0.2, 0.25) is 0 Å². The Morgan fingerprint density at radius 3 is 2.60 bits per heavy atom. The molecule has 0 radical (unpaired) electrons. The fourth-order valence-corrected chi connectivity index (χ4v) is 1.42. The molecule has 0 aromatic heterocycles. The molecule has 2 unspecified atom stereocenters. The third kappa shape index (κ3) is 2.56. The number of aliphatic hydroxyl groups excluding tert-OH is 1. The smallest absolute Gasteiger partial charge is 0.332 e. The highest BCUT2D eigenvalue weighted by atomic mass is 35.5. The van der Waals surface area contributed by atoms with Gasteiger partial charge >= 0.3 is 6.23 Å². The third-order valence-corrected chi connectivity index (χ3v) is 2.25. The van der Waals surface area contributed by atoms with E-state index in [1.807, 2.05) is 0 Å². The van der Waals surface area contributed by atoms with Gasteiger partial charge in [0.15, 0.2) is 0 Å². The molecule has 2 atom stereocenters. The van der Waals surface area contributed by atoms with E-state index in [0.717, 1.165) is 0 Å². The molecule has 0 aliphatic rings. The van der Waals surface area contributed by atoms with Crippen molar-refractivity contribution >= 4 is 17.3 Å². The number of nitro groups is 1. The number of hydrogen-bond donors (Lipinski definition) is 3. The second kappa shape index (κ2) is 4.43. The predicted molar refractivity (Wildman–Crippen MR) is 55.8 cm³/mol. The zero-order valence-electron chi connectivity index (χ0n) is 7.63. The predicted octanol–water partition coefficient (Wildman–Crippen LogP) is 0.517. The maximum absolute atomic E-state index is 10.3. The molecule has 15 heavy (non-hydrogen) atoms. The normalized spacial score (nSPS) is 14.6. The van der Waals surface area contributed by atoms with Crippen LogP contribution in [0.2, 0.25) is 5.02 Å². The van der Waals surface area contributed by atoms with E-state index in [1.165, 1.54) is 18.2 Å². The summed E-state index contributed by atoms with van der Waals surface area (Å²) in [5, 5.41) is 19.6. The molecule has 6 nitrogen and oxygen atoms in total. The monoisotopic (exact) mass is 231 g/mol. The van der Waals surface area contributed by atoms with E-state index >= 15 is 0 Å². The molecule has 0 fully saturated rings. The number of hydrogen-bond acceptors (Lipinski definition) is 5. The van der Waals surface area contributed by atoms with Gasteiger partial charge in [-0.25, -0.2) is 0 Å². The first-order chi connectivity index (χ1) is 6.93. The van der Waals surface area contributed by atoms with Crippen LogP contribution >= 0.6 is 11.6 Å². The molecule has 0 amide bonds. The van der Waals surface area contributed by atoms with Crippen LogP contribution in [0.4, 0.5) is 5.69 Å². The molecular formula is C8H10ClN3O3. The van der Waals surface area contributed by atoms with Gasteiger partial charge in [-0.1, -0.05) is 17.7 Å². The molecule has 0 saturated carbocycles. The van der Waals surface area contributed by atoms with E-state index in [0.29, 0.717) is 5.69 Å². The molecule has 0 saturated heterocycles. The van der Waals surface area contributed by atoms with Gasteiger partial charge in [-0.05, 0) is 17.7 Å². The summed E-state index contributed by atoms with van der Waals surface area (Å²) in [5.41, 5.74) is 11.6. The van der Waals surface area contributed by atoms with Gasteiger partial charge in [0.1, 0.15) is 6.04 Å². The van der Waals surface area contributed by atoms with E-state index in [1.54, 1.807) is 0 Å². The number of nitrogens with zero attached hydrogens (tertiary/aromatic N) is 1. The molecule has 7 heteroatoms. The summed E-state index contributed by atoms with van der Waals surface area (Å²) in [7, 11) is 0. The van der Waals surface area contributed by atoms with E-state index < -0.39 is 17.2 Å². The molecule has 0 heterocycles. The molecule has 0 aliphatic heterocycles. The van der Waals surface area contributed by atoms with Gasteiger partial charge in [-0.15, -0.1) is 0 Å². The van der Waals surface area contributed by atoms with Crippen molar-refractivity contribution in [1.29, 1.82) is 0 Å². The van der Waals surface area contributed by atoms with Gasteiger partial charge in [0.05, 0.1) is 4.92 Å². The minimum Gasteiger partial charge on any atom is -0.399 e. The second-order valence-electron chi connectivity index (χ2n) is 3.01. The maximum Gasteiger partial charge on any atom is 0.332 e. The minimum absolute atomic E-state index is 0.198. The highest BCUT2D eigenvalue weighted by Crippen LogP contribution is 2.25. The van der Waals surface area contributed by atoms with Crippen molar-refractivity contribution in [1.82, 2.24) is 0 Å². The van der Waals surface area contributed by atoms with Crippen LogP contribution in [0.3, 0.4) is 0 Å². The number of nitrogens with two attached hydrogens (primary N) is 2. The first kappa shape index (κ1) is 11.7. The van der Waals surface area contributed by atoms with Crippen LogP contribution in [0.5, 0.6) is 0 Å². The molecule has 0 bridgehead atoms. The van der Waals surface area contributed by atoms with Crippen LogP contribution in [0, 0.1) is 10.1 Å². The maximum atomic E-state index is 10.3. The topological polar surface area (TPSA) is 115 Å². The molecule has 0 aliphatic carbocycles. The Kier molecular flexibility index (Phi) is 3.46. The zero-order valence-corrected chi connectivity index (χ0v) is 8.39. The Balaban J connectivity index is 3.01. The molecule has 1 aromatic rings. The lowest BCUT2D eigenvalue weighted by molar-refractivity contribution is -0.574. The lowest BCUT2D eigenvalue weighted by atomic mass is 10.1. The summed E-state index contributed by atoms with van der Waals surface area (Å²) in [6.07, 6.45) is -1.88. The number of halogens is 1. The fourth-order valence-electron chi connectivity index (χ4n) is 1.11. The van der Waals surface area contributed by atoms with Crippen molar-refractivity contribution in [3.63, 3.8) is 0 Å². The van der Waals surface area contributed by atoms with Gasteiger partial charge < -0.3 is 16.6 Å². The number of rotatable bonds is 3. The van der Waals surface area contributed by atoms with Crippen molar-refractivity contribution in [2.45, 2.75) is 12.3 Å². The standard InChI is InChI=1S/C8H10ClN3O3/c9-6-3-4(10)1-2-5(6)7(11)8(13)12(14)15/h1-3,7-8,13H,10-11H2. The molecule has 1 aromatic carbocycles. The Labute approximate surface area is 90.6 Å². The lowest BCUT2D eigenvalue weighted by Gasteiger charge is -2.13. The van der Waals surface area contributed by atoms with Gasteiger partial charge in [0.25, 0.3) is 0 Å². The summed E-state index contributed by atoms with van der Waals surface area (Å²) < 4.78 is 0.